The van der Waals surface area contributed by atoms with Gasteiger partial charge in [0.2, 0.25) is 0 Å². The summed E-state index contributed by atoms with van der Waals surface area (Å²) in [6.45, 7) is 1.98. The van der Waals surface area contributed by atoms with Crippen LogP contribution in [0.15, 0.2) is 40.8 Å². The molecule has 2 aromatic carbocycles. The molecule has 0 bridgehead atoms. The molecule has 2 aliphatic rings. The molecule has 0 atom stereocenters. The number of amides is 1. The Kier molecular flexibility index (Phi) is 2.99. The third-order valence-electron chi connectivity index (χ3n) is 5.59. The smallest absolute Gasteiger partial charge is 0.287 e. The van der Waals surface area contributed by atoms with Gasteiger partial charge in [-0.25, -0.2) is 0 Å². The Morgan fingerprint density at radius 1 is 1.04 bits per heavy atom. The van der Waals surface area contributed by atoms with Gasteiger partial charge in [-0.1, -0.05) is 36.4 Å². The molecule has 5 rings (SSSR count). The summed E-state index contributed by atoms with van der Waals surface area (Å²) in [6.07, 6.45) is 5.02. The van der Waals surface area contributed by atoms with Crippen LogP contribution in [0, 0.1) is 18.8 Å². The van der Waals surface area contributed by atoms with E-state index in [2.05, 4.69) is 29.6 Å². The van der Waals surface area contributed by atoms with Gasteiger partial charge in [0.15, 0.2) is 5.76 Å². The van der Waals surface area contributed by atoms with Crippen LogP contribution in [0.4, 0.5) is 0 Å². The number of hydrogen-bond donors (Lipinski definition) is 1. The van der Waals surface area contributed by atoms with Crippen LogP contribution in [0.25, 0.3) is 21.7 Å². The normalized spacial score (nSPS) is 17.8. The number of furan rings is 1. The van der Waals surface area contributed by atoms with E-state index in [9.17, 15) is 4.79 Å². The second-order valence-electron chi connectivity index (χ2n) is 7.39. The lowest BCUT2D eigenvalue weighted by atomic mass is 10.0. The van der Waals surface area contributed by atoms with E-state index in [1.165, 1.54) is 25.7 Å². The molecule has 3 heteroatoms. The van der Waals surface area contributed by atoms with Crippen LogP contribution in [0.5, 0.6) is 0 Å². The summed E-state index contributed by atoms with van der Waals surface area (Å²) >= 11 is 0. The average molecular weight is 319 g/mol. The molecular formula is C21H21NO2. The molecule has 0 saturated heterocycles. The van der Waals surface area contributed by atoms with Crippen molar-refractivity contribution in [3.05, 3.63) is 47.7 Å². The zero-order chi connectivity index (χ0) is 16.3. The number of carbonyl (C=O) groups excluding carboxylic acids is 1. The maximum absolute atomic E-state index is 12.8. The number of benzene rings is 2. The highest BCUT2D eigenvalue weighted by Gasteiger charge is 2.42. The molecule has 1 amide bonds. The minimum atomic E-state index is -0.0448. The molecule has 122 valence electrons. The first-order valence-electron chi connectivity index (χ1n) is 8.94. The van der Waals surface area contributed by atoms with Gasteiger partial charge in [0.1, 0.15) is 5.58 Å². The fourth-order valence-corrected chi connectivity index (χ4v) is 3.91. The number of fused-ring (bicyclic) bond motifs is 3. The summed E-state index contributed by atoms with van der Waals surface area (Å²) in [5, 5.41) is 6.52. The number of hydrogen-bond acceptors (Lipinski definition) is 2. The average Bonchev–Trinajstić information content (AvgIpc) is 3.51. The maximum atomic E-state index is 12.8. The Balaban J connectivity index is 1.55. The largest absolute Gasteiger partial charge is 0.450 e. The Morgan fingerprint density at radius 3 is 2.46 bits per heavy atom. The van der Waals surface area contributed by atoms with Crippen molar-refractivity contribution in [3.63, 3.8) is 0 Å². The van der Waals surface area contributed by atoms with Gasteiger partial charge in [-0.15, -0.1) is 0 Å². The van der Waals surface area contributed by atoms with Crippen molar-refractivity contribution in [3.8, 4) is 0 Å². The molecule has 2 aliphatic carbocycles. The maximum Gasteiger partial charge on any atom is 0.287 e. The van der Waals surface area contributed by atoms with E-state index in [1.54, 1.807) is 0 Å². The minimum absolute atomic E-state index is 0.0448. The van der Waals surface area contributed by atoms with E-state index >= 15 is 0 Å². The minimum Gasteiger partial charge on any atom is -0.450 e. The third kappa shape index (κ3) is 2.22. The van der Waals surface area contributed by atoms with E-state index in [-0.39, 0.29) is 5.91 Å². The molecule has 0 unspecified atom stereocenters. The van der Waals surface area contributed by atoms with Gasteiger partial charge < -0.3 is 9.73 Å². The van der Waals surface area contributed by atoms with E-state index in [0.29, 0.717) is 23.6 Å². The van der Waals surface area contributed by atoms with Gasteiger partial charge in [-0.05, 0) is 49.8 Å². The molecule has 3 aromatic rings. The molecule has 1 N–H and O–H groups in total. The van der Waals surface area contributed by atoms with Crippen molar-refractivity contribution >= 4 is 27.6 Å². The van der Waals surface area contributed by atoms with Crippen LogP contribution in [-0.4, -0.2) is 11.9 Å². The van der Waals surface area contributed by atoms with Crippen molar-refractivity contribution in [2.24, 2.45) is 11.8 Å². The van der Waals surface area contributed by atoms with Crippen LogP contribution < -0.4 is 5.32 Å². The van der Waals surface area contributed by atoms with Crippen molar-refractivity contribution in [1.82, 2.24) is 5.32 Å². The Morgan fingerprint density at radius 2 is 1.75 bits per heavy atom. The highest BCUT2D eigenvalue weighted by molar-refractivity contribution is 6.08. The zero-order valence-electron chi connectivity index (χ0n) is 13.8. The summed E-state index contributed by atoms with van der Waals surface area (Å²) in [5.41, 5.74) is 1.77. The van der Waals surface area contributed by atoms with Crippen LogP contribution in [0.3, 0.4) is 0 Å². The van der Waals surface area contributed by atoms with Crippen LogP contribution in [-0.2, 0) is 0 Å². The van der Waals surface area contributed by atoms with Crippen molar-refractivity contribution < 1.29 is 9.21 Å². The lowest BCUT2D eigenvalue weighted by molar-refractivity contribution is 0.0899. The lowest BCUT2D eigenvalue weighted by Gasteiger charge is -2.16. The molecule has 1 aromatic heterocycles. The fraction of sp³-hybridized carbons (Fsp3) is 0.381. The Labute approximate surface area is 141 Å². The van der Waals surface area contributed by atoms with Crippen LogP contribution >= 0.6 is 0 Å². The molecule has 2 saturated carbocycles. The summed E-state index contributed by atoms with van der Waals surface area (Å²) in [6, 6.07) is 12.7. The first-order chi connectivity index (χ1) is 11.7. The molecule has 0 aliphatic heterocycles. The molecule has 24 heavy (non-hydrogen) atoms. The van der Waals surface area contributed by atoms with Crippen molar-refractivity contribution in [2.75, 3.05) is 0 Å². The summed E-state index contributed by atoms with van der Waals surface area (Å²) in [5.74, 6) is 1.81. The van der Waals surface area contributed by atoms with E-state index in [4.69, 9.17) is 4.42 Å². The standard InChI is InChI=1S/C21H21NO2/c1-12-16-11-10-13-4-2-3-5-17(13)20(16)24-19(12)21(23)22-18(14-6-7-14)15-8-9-15/h2-5,10-11,14-15,18H,6-9H2,1H3,(H,22,23). The second kappa shape index (κ2) is 5.10. The van der Waals surface area contributed by atoms with Gasteiger partial charge in [0.25, 0.3) is 5.91 Å². The highest BCUT2D eigenvalue weighted by atomic mass is 16.3. The summed E-state index contributed by atoms with van der Waals surface area (Å²) < 4.78 is 6.06. The first kappa shape index (κ1) is 14.1. The Bertz CT molecular complexity index is 935. The molecule has 0 radical (unpaired) electrons. The van der Waals surface area contributed by atoms with Gasteiger partial charge in [-0.3, -0.25) is 4.79 Å². The SMILES string of the molecule is Cc1c(C(=O)NC(C2CC2)C2CC2)oc2c1ccc1ccccc12. The van der Waals surface area contributed by atoms with Gasteiger partial charge >= 0.3 is 0 Å². The summed E-state index contributed by atoms with van der Waals surface area (Å²) in [4.78, 5) is 12.8. The third-order valence-corrected chi connectivity index (χ3v) is 5.59. The second-order valence-corrected chi connectivity index (χ2v) is 7.39. The highest BCUT2D eigenvalue weighted by Crippen LogP contribution is 2.44. The van der Waals surface area contributed by atoms with Gasteiger partial charge in [-0.2, -0.15) is 0 Å². The predicted octanol–water partition coefficient (Wildman–Crippen LogP) is 4.81. The number of nitrogens with one attached hydrogen (secondary N) is 1. The molecule has 1 heterocycles. The van der Waals surface area contributed by atoms with Crippen LogP contribution in [0.2, 0.25) is 0 Å². The van der Waals surface area contributed by atoms with Crippen molar-refractivity contribution in [2.45, 2.75) is 38.6 Å². The quantitative estimate of drug-likeness (QED) is 0.749. The monoisotopic (exact) mass is 319 g/mol. The number of rotatable bonds is 4. The Hall–Kier alpha value is -2.29. The molecular weight excluding hydrogens is 298 g/mol. The summed E-state index contributed by atoms with van der Waals surface area (Å²) in [7, 11) is 0. The number of aryl methyl sites for hydroxylation is 1. The topological polar surface area (TPSA) is 42.2 Å². The number of carbonyl (C=O) groups is 1. The zero-order valence-corrected chi connectivity index (χ0v) is 13.8. The molecule has 0 spiro atoms. The van der Waals surface area contributed by atoms with E-state index in [1.807, 2.05) is 19.1 Å². The first-order valence-corrected chi connectivity index (χ1v) is 8.94. The molecule has 2 fully saturated rings. The van der Waals surface area contributed by atoms with Crippen LogP contribution in [0.1, 0.15) is 41.8 Å². The predicted molar refractivity (Wildman–Crippen MR) is 95.2 cm³/mol. The van der Waals surface area contributed by atoms with Gasteiger partial charge in [0, 0.05) is 22.4 Å². The molecule has 3 nitrogen and oxygen atoms in total. The lowest BCUT2D eigenvalue weighted by Crippen LogP contribution is -2.38. The van der Waals surface area contributed by atoms with Crippen molar-refractivity contribution in [1.29, 1.82) is 0 Å². The van der Waals surface area contributed by atoms with E-state index in [0.717, 1.165) is 27.3 Å². The van der Waals surface area contributed by atoms with Gasteiger partial charge in [0.05, 0.1) is 0 Å². The fourth-order valence-electron chi connectivity index (χ4n) is 3.91. The van der Waals surface area contributed by atoms with E-state index < -0.39 is 0 Å².